The second-order valence-corrected chi connectivity index (χ2v) is 10.6. The predicted molar refractivity (Wildman–Crippen MR) is 119 cm³/mol. The SMILES string of the molecule is CC(C)c1cc(OC(F)F)cc(C(C)C)c1NC(=O)N=[S-](=O)c1sc(C(C)(C)O)cc1F. The summed E-state index contributed by atoms with van der Waals surface area (Å²) in [6, 6.07) is 2.89. The fourth-order valence-corrected chi connectivity index (χ4v) is 4.84. The number of alkyl halides is 2. The first-order chi connectivity index (χ1) is 14.7. The van der Waals surface area contributed by atoms with Crippen molar-refractivity contribution in [3.05, 3.63) is 40.0 Å². The summed E-state index contributed by atoms with van der Waals surface area (Å²) in [6.07, 6.45) is 0. The van der Waals surface area contributed by atoms with E-state index in [-0.39, 0.29) is 26.7 Å². The van der Waals surface area contributed by atoms with E-state index in [0.717, 1.165) is 17.4 Å². The van der Waals surface area contributed by atoms with Gasteiger partial charge in [-0.25, -0.2) is 9.18 Å². The highest BCUT2D eigenvalue weighted by atomic mass is 32.2. The molecule has 6 nitrogen and oxygen atoms in total. The summed E-state index contributed by atoms with van der Waals surface area (Å²) in [7, 11) is -2.34. The number of aliphatic hydroxyl groups is 1. The Kier molecular flexibility index (Phi) is 8.35. The molecule has 2 rings (SSSR count). The summed E-state index contributed by atoms with van der Waals surface area (Å²) in [5.74, 6) is -1.20. The Morgan fingerprint density at radius 3 is 2.09 bits per heavy atom. The number of anilines is 1. The molecule has 178 valence electrons. The van der Waals surface area contributed by atoms with E-state index >= 15 is 0 Å². The Labute approximate surface area is 191 Å². The molecular formula is C21H26F3N2O4S2-. The van der Waals surface area contributed by atoms with Gasteiger partial charge in [0.1, 0.15) is 11.6 Å². The summed E-state index contributed by atoms with van der Waals surface area (Å²) in [5, 5.41) is 12.6. The van der Waals surface area contributed by atoms with Crippen molar-refractivity contribution in [2.24, 2.45) is 4.36 Å². The van der Waals surface area contributed by atoms with Crippen LogP contribution in [0.1, 0.15) is 69.4 Å². The highest BCUT2D eigenvalue weighted by Gasteiger charge is 2.21. The quantitative estimate of drug-likeness (QED) is 0.422. The molecule has 1 aromatic heterocycles. The molecule has 2 aromatic rings. The molecule has 0 fully saturated rings. The number of carbonyl (C=O) groups is 1. The number of rotatable bonds is 7. The molecule has 0 spiro atoms. The van der Waals surface area contributed by atoms with Crippen LogP contribution in [-0.2, 0) is 20.4 Å². The molecule has 32 heavy (non-hydrogen) atoms. The molecule has 0 saturated heterocycles. The van der Waals surface area contributed by atoms with E-state index in [1.807, 2.05) is 27.7 Å². The third-order valence-electron chi connectivity index (χ3n) is 4.46. The van der Waals surface area contributed by atoms with Crippen LogP contribution in [0, 0.1) is 5.82 Å². The Morgan fingerprint density at radius 1 is 1.16 bits per heavy atom. The van der Waals surface area contributed by atoms with Crippen LogP contribution in [0.3, 0.4) is 0 Å². The predicted octanol–water partition coefficient (Wildman–Crippen LogP) is 6.70. The number of halogens is 3. The first-order valence-corrected chi connectivity index (χ1v) is 11.7. The second-order valence-electron chi connectivity index (χ2n) is 8.24. The number of carbonyl (C=O) groups excluding carboxylic acids is 1. The van der Waals surface area contributed by atoms with Crippen molar-refractivity contribution in [1.82, 2.24) is 0 Å². The maximum atomic E-state index is 14.2. The topological polar surface area (TPSA) is 88.0 Å². The molecule has 0 bridgehead atoms. The Morgan fingerprint density at radius 2 is 1.69 bits per heavy atom. The summed E-state index contributed by atoms with van der Waals surface area (Å²) in [5.41, 5.74) is 0.0863. The highest BCUT2D eigenvalue weighted by molar-refractivity contribution is 7.78. The average molecular weight is 492 g/mol. The van der Waals surface area contributed by atoms with Crippen LogP contribution in [0.25, 0.3) is 0 Å². The van der Waals surface area contributed by atoms with Crippen molar-refractivity contribution in [3.8, 4) is 5.75 Å². The smallest absolute Gasteiger partial charge is 0.387 e. The van der Waals surface area contributed by atoms with Gasteiger partial charge in [-0.3, -0.25) is 0 Å². The summed E-state index contributed by atoms with van der Waals surface area (Å²) < 4.78 is 59.9. The van der Waals surface area contributed by atoms with E-state index in [4.69, 9.17) is 0 Å². The molecule has 0 aliphatic rings. The zero-order valence-corrected chi connectivity index (χ0v) is 20.2. The zero-order valence-electron chi connectivity index (χ0n) is 18.5. The minimum absolute atomic E-state index is 0.0364. The van der Waals surface area contributed by atoms with Gasteiger partial charge in [0.05, 0.1) is 5.60 Å². The van der Waals surface area contributed by atoms with E-state index in [0.29, 0.717) is 16.8 Å². The van der Waals surface area contributed by atoms with Gasteiger partial charge in [-0.05, 0) is 59.2 Å². The van der Waals surface area contributed by atoms with Crippen LogP contribution in [0.2, 0.25) is 0 Å². The van der Waals surface area contributed by atoms with Gasteiger partial charge in [0.25, 0.3) is 0 Å². The third-order valence-corrected chi connectivity index (χ3v) is 7.20. The van der Waals surface area contributed by atoms with E-state index < -0.39 is 34.7 Å². The highest BCUT2D eigenvalue weighted by Crippen LogP contribution is 2.37. The Balaban J connectivity index is 2.44. The molecule has 0 aliphatic heterocycles. The van der Waals surface area contributed by atoms with Crippen LogP contribution < -0.4 is 10.1 Å². The minimum atomic E-state index is -3.00. The summed E-state index contributed by atoms with van der Waals surface area (Å²) in [6.45, 7) is 7.17. The molecular weight excluding hydrogens is 465 g/mol. The van der Waals surface area contributed by atoms with E-state index in [9.17, 15) is 27.3 Å². The van der Waals surface area contributed by atoms with Crippen LogP contribution in [-0.4, -0.2) is 17.7 Å². The van der Waals surface area contributed by atoms with E-state index in [1.54, 1.807) is 0 Å². The summed E-state index contributed by atoms with van der Waals surface area (Å²) >= 11 is 0.760. The number of urea groups is 1. The lowest BCUT2D eigenvalue weighted by molar-refractivity contribution is -0.0499. The largest absolute Gasteiger partial charge is 0.439 e. The zero-order chi connectivity index (χ0) is 24.4. The number of nitrogens with zero attached hydrogens (tertiary/aromatic N) is 1. The van der Waals surface area contributed by atoms with Crippen molar-refractivity contribution in [3.63, 3.8) is 0 Å². The van der Waals surface area contributed by atoms with Gasteiger partial charge in [-0.1, -0.05) is 27.7 Å². The lowest BCUT2D eigenvalue weighted by Crippen LogP contribution is -2.13. The number of thiophene rings is 1. The Bertz CT molecular complexity index is 1040. The number of hydrogen-bond acceptors (Lipinski definition) is 6. The molecule has 1 aromatic carbocycles. The Hall–Kier alpha value is -2.11. The van der Waals surface area contributed by atoms with Gasteiger partial charge in [0, 0.05) is 10.6 Å². The standard InChI is InChI=1S/C21H26F3N2O4S2/c1-10(2)13-7-12(30-19(23)24)8-14(11(3)4)17(13)25-20(27)26-32(29)18-15(22)9-16(31-18)21(5,6)28/h7-11,19,28H,1-6H3,(H,25,27)/q-1. The number of hydrogen-bond donors (Lipinski definition) is 2. The van der Waals surface area contributed by atoms with Gasteiger partial charge >= 0.3 is 12.6 Å². The van der Waals surface area contributed by atoms with Crippen molar-refractivity contribution in [1.29, 1.82) is 0 Å². The third kappa shape index (κ3) is 6.46. The number of benzene rings is 1. The molecule has 0 saturated carbocycles. The normalized spacial score (nSPS) is 13.3. The van der Waals surface area contributed by atoms with Crippen LogP contribution in [0.4, 0.5) is 23.7 Å². The van der Waals surface area contributed by atoms with Gasteiger partial charge in [0.2, 0.25) is 0 Å². The summed E-state index contributed by atoms with van der Waals surface area (Å²) in [4.78, 5) is 12.8. The molecule has 1 heterocycles. The first kappa shape index (κ1) is 26.1. The fraction of sp³-hybridized carbons (Fsp3) is 0.476. The molecule has 0 aliphatic carbocycles. The number of amides is 2. The molecule has 0 radical (unpaired) electrons. The maximum Gasteiger partial charge on any atom is 0.387 e. The first-order valence-electron chi connectivity index (χ1n) is 9.80. The van der Waals surface area contributed by atoms with Gasteiger partial charge in [-0.2, -0.15) is 20.1 Å². The minimum Gasteiger partial charge on any atom is -0.439 e. The monoisotopic (exact) mass is 491 g/mol. The number of nitrogens with one attached hydrogen (secondary N) is 1. The fourth-order valence-electron chi connectivity index (χ4n) is 2.90. The van der Waals surface area contributed by atoms with Crippen molar-refractivity contribution in [2.75, 3.05) is 5.32 Å². The average Bonchev–Trinajstić information content (AvgIpc) is 3.04. The van der Waals surface area contributed by atoms with Crippen molar-refractivity contribution < 1.29 is 32.0 Å². The lowest BCUT2D eigenvalue weighted by Gasteiger charge is -2.21. The van der Waals surface area contributed by atoms with Gasteiger partial charge < -0.3 is 23.7 Å². The lowest BCUT2D eigenvalue weighted by atomic mass is 9.92. The molecule has 2 N–H and O–H groups in total. The van der Waals surface area contributed by atoms with Crippen LogP contribution in [0.5, 0.6) is 5.75 Å². The van der Waals surface area contributed by atoms with Crippen molar-refractivity contribution >= 4 is 33.7 Å². The molecule has 0 atom stereocenters. The molecule has 11 heteroatoms. The van der Waals surface area contributed by atoms with E-state index in [2.05, 4.69) is 14.4 Å². The van der Waals surface area contributed by atoms with E-state index in [1.165, 1.54) is 26.0 Å². The molecule has 2 amide bonds. The number of ether oxygens (including phenoxy) is 1. The maximum absolute atomic E-state index is 14.2. The second kappa shape index (κ2) is 10.2. The molecule has 0 unspecified atom stereocenters. The van der Waals surface area contributed by atoms with Crippen LogP contribution in [0.15, 0.2) is 26.8 Å². The van der Waals surface area contributed by atoms with Crippen molar-refractivity contribution in [2.45, 2.75) is 69.8 Å². The van der Waals surface area contributed by atoms with Gasteiger partial charge in [-0.15, -0.1) is 10.6 Å². The van der Waals surface area contributed by atoms with Gasteiger partial charge in [0.15, 0.2) is 0 Å². The van der Waals surface area contributed by atoms with Crippen LogP contribution >= 0.6 is 11.3 Å².